The quantitative estimate of drug-likeness (QED) is 0.873. The summed E-state index contributed by atoms with van der Waals surface area (Å²) < 4.78 is 0.736. The van der Waals surface area contributed by atoms with E-state index in [-0.39, 0.29) is 30.3 Å². The van der Waals surface area contributed by atoms with Crippen molar-refractivity contribution < 1.29 is 4.79 Å². The van der Waals surface area contributed by atoms with Crippen LogP contribution in [0.15, 0.2) is 42.5 Å². The molecule has 1 amide bonds. The predicted octanol–water partition coefficient (Wildman–Crippen LogP) is 4.12. The van der Waals surface area contributed by atoms with Gasteiger partial charge in [0.25, 0.3) is 0 Å². The van der Waals surface area contributed by atoms with Crippen LogP contribution in [0.5, 0.6) is 0 Å². The second-order valence-electron chi connectivity index (χ2n) is 5.13. The molecule has 2 N–H and O–H groups in total. The minimum absolute atomic E-state index is 0. The fraction of sp³-hybridized carbons (Fsp3) is 0.312. The first kappa shape index (κ1) is 19.0. The average Bonchev–Trinajstić information content (AvgIpc) is 2.90. The first-order valence-corrected chi connectivity index (χ1v) is 7.98. The van der Waals surface area contributed by atoms with Gasteiger partial charge in [0.2, 0.25) is 5.91 Å². The minimum atomic E-state index is -0.298. The number of nitrogens with zero attached hydrogens (tertiary/aromatic N) is 1. The molecule has 2 unspecified atom stereocenters. The third-order valence-corrected chi connectivity index (χ3v) is 4.73. The van der Waals surface area contributed by atoms with E-state index in [1.165, 1.54) is 11.3 Å². The molecule has 2 atom stereocenters. The van der Waals surface area contributed by atoms with Crippen molar-refractivity contribution >= 4 is 41.3 Å². The Morgan fingerprint density at radius 1 is 1.27 bits per heavy atom. The molecular formula is C16H20Cl2N2OS. The number of rotatable bonds is 5. The Kier molecular flexibility index (Phi) is 7.36. The summed E-state index contributed by atoms with van der Waals surface area (Å²) in [6, 6.07) is 13.2. The monoisotopic (exact) mass is 358 g/mol. The molecule has 22 heavy (non-hydrogen) atoms. The lowest BCUT2D eigenvalue weighted by Gasteiger charge is -2.25. The van der Waals surface area contributed by atoms with Crippen LogP contribution in [-0.2, 0) is 11.3 Å². The van der Waals surface area contributed by atoms with E-state index < -0.39 is 0 Å². The smallest absolute Gasteiger partial charge is 0.227 e. The molecule has 0 radical (unpaired) electrons. The predicted molar refractivity (Wildman–Crippen MR) is 95.6 cm³/mol. The summed E-state index contributed by atoms with van der Waals surface area (Å²) in [4.78, 5) is 15.3. The van der Waals surface area contributed by atoms with Crippen LogP contribution in [0.4, 0.5) is 0 Å². The zero-order chi connectivity index (χ0) is 15.4. The third-order valence-electron chi connectivity index (χ3n) is 3.51. The Hall–Kier alpha value is -1.07. The number of thiophene rings is 1. The Labute approximate surface area is 146 Å². The van der Waals surface area contributed by atoms with Crippen LogP contribution in [0.2, 0.25) is 4.34 Å². The number of nitrogens with two attached hydrogens (primary N) is 1. The van der Waals surface area contributed by atoms with Crippen LogP contribution in [0, 0.1) is 5.92 Å². The molecule has 0 fully saturated rings. The lowest BCUT2D eigenvalue weighted by Crippen LogP contribution is -2.36. The molecule has 0 aliphatic carbocycles. The molecule has 120 valence electrons. The number of hydrogen-bond acceptors (Lipinski definition) is 3. The van der Waals surface area contributed by atoms with E-state index in [1.807, 2.05) is 49.4 Å². The van der Waals surface area contributed by atoms with E-state index in [1.54, 1.807) is 11.9 Å². The zero-order valence-corrected chi connectivity index (χ0v) is 14.9. The van der Waals surface area contributed by atoms with E-state index >= 15 is 0 Å². The lowest BCUT2D eigenvalue weighted by molar-refractivity contribution is -0.134. The molecule has 0 spiro atoms. The topological polar surface area (TPSA) is 46.3 Å². The first-order chi connectivity index (χ1) is 9.99. The van der Waals surface area contributed by atoms with Gasteiger partial charge in [-0.15, -0.1) is 23.7 Å². The second kappa shape index (κ2) is 8.53. The van der Waals surface area contributed by atoms with Crippen molar-refractivity contribution in [2.75, 3.05) is 7.05 Å². The van der Waals surface area contributed by atoms with Crippen molar-refractivity contribution in [2.45, 2.75) is 19.5 Å². The van der Waals surface area contributed by atoms with Gasteiger partial charge in [-0.1, -0.05) is 48.9 Å². The van der Waals surface area contributed by atoms with Crippen molar-refractivity contribution in [1.29, 1.82) is 0 Å². The molecule has 2 rings (SSSR count). The molecule has 0 saturated carbocycles. The highest BCUT2D eigenvalue weighted by atomic mass is 35.5. The summed E-state index contributed by atoms with van der Waals surface area (Å²) in [5.74, 6) is -0.233. The van der Waals surface area contributed by atoms with E-state index in [4.69, 9.17) is 17.3 Å². The van der Waals surface area contributed by atoms with Gasteiger partial charge < -0.3 is 10.6 Å². The molecule has 0 aliphatic heterocycles. The van der Waals surface area contributed by atoms with E-state index in [0.717, 1.165) is 14.8 Å². The number of amides is 1. The average molecular weight is 359 g/mol. The van der Waals surface area contributed by atoms with E-state index in [2.05, 4.69) is 0 Å². The van der Waals surface area contributed by atoms with Crippen molar-refractivity contribution in [3.8, 4) is 0 Å². The molecule has 0 aliphatic rings. The van der Waals surface area contributed by atoms with Gasteiger partial charge in [-0.05, 0) is 17.7 Å². The van der Waals surface area contributed by atoms with Gasteiger partial charge in [-0.2, -0.15) is 0 Å². The highest BCUT2D eigenvalue weighted by molar-refractivity contribution is 7.16. The van der Waals surface area contributed by atoms with Gasteiger partial charge >= 0.3 is 0 Å². The summed E-state index contributed by atoms with van der Waals surface area (Å²) in [5, 5.41) is 0. The van der Waals surface area contributed by atoms with Crippen LogP contribution in [0.25, 0.3) is 0 Å². The van der Waals surface area contributed by atoms with Gasteiger partial charge in [0, 0.05) is 18.0 Å². The maximum Gasteiger partial charge on any atom is 0.227 e. The largest absolute Gasteiger partial charge is 0.340 e. The highest BCUT2D eigenvalue weighted by Crippen LogP contribution is 2.24. The SMILES string of the molecule is CC(C(=O)N(C)Cc1ccc(Cl)s1)C(N)c1ccccc1.Cl. The molecule has 1 aromatic heterocycles. The van der Waals surface area contributed by atoms with Crippen LogP contribution >= 0.6 is 35.3 Å². The zero-order valence-electron chi connectivity index (χ0n) is 12.5. The van der Waals surface area contributed by atoms with Gasteiger partial charge in [-0.25, -0.2) is 0 Å². The minimum Gasteiger partial charge on any atom is -0.340 e. The number of benzene rings is 1. The molecule has 6 heteroatoms. The standard InChI is InChI=1S/C16H19ClN2OS.ClH/c1-11(15(18)12-6-4-3-5-7-12)16(20)19(2)10-13-8-9-14(17)21-13;/h3-9,11,15H,10,18H2,1-2H3;1H. The van der Waals surface area contributed by atoms with Crippen molar-refractivity contribution in [3.05, 3.63) is 57.2 Å². The summed E-state index contributed by atoms with van der Waals surface area (Å²) in [6.07, 6.45) is 0. The van der Waals surface area contributed by atoms with Gasteiger partial charge in [0.05, 0.1) is 16.8 Å². The fourth-order valence-electron chi connectivity index (χ4n) is 2.21. The van der Waals surface area contributed by atoms with E-state index in [0.29, 0.717) is 6.54 Å². The normalized spacial score (nSPS) is 13.1. The van der Waals surface area contributed by atoms with Crippen molar-refractivity contribution in [1.82, 2.24) is 4.90 Å². The van der Waals surface area contributed by atoms with Crippen LogP contribution in [0.1, 0.15) is 23.4 Å². The maximum atomic E-state index is 12.5. The molecule has 3 nitrogen and oxygen atoms in total. The summed E-state index contributed by atoms with van der Waals surface area (Å²) >= 11 is 7.40. The Morgan fingerprint density at radius 2 is 1.91 bits per heavy atom. The molecule has 1 heterocycles. The van der Waals surface area contributed by atoms with E-state index in [9.17, 15) is 4.79 Å². The summed E-state index contributed by atoms with van der Waals surface area (Å²) in [7, 11) is 1.80. The second-order valence-corrected chi connectivity index (χ2v) is 6.92. The third kappa shape index (κ3) is 4.71. The summed E-state index contributed by atoms with van der Waals surface area (Å²) in [5.41, 5.74) is 7.19. The highest BCUT2D eigenvalue weighted by Gasteiger charge is 2.25. The Bertz CT molecular complexity index is 603. The number of hydrogen-bond donors (Lipinski definition) is 1. The summed E-state index contributed by atoms with van der Waals surface area (Å²) in [6.45, 7) is 2.43. The molecule has 2 aromatic rings. The molecule has 1 aromatic carbocycles. The molecular weight excluding hydrogens is 339 g/mol. The van der Waals surface area contributed by atoms with Crippen LogP contribution < -0.4 is 5.73 Å². The number of carbonyl (C=O) groups excluding carboxylic acids is 1. The van der Waals surface area contributed by atoms with Gasteiger partial charge in [-0.3, -0.25) is 4.79 Å². The first-order valence-electron chi connectivity index (χ1n) is 6.78. The van der Waals surface area contributed by atoms with Crippen LogP contribution in [0.3, 0.4) is 0 Å². The van der Waals surface area contributed by atoms with Crippen molar-refractivity contribution in [3.63, 3.8) is 0 Å². The van der Waals surface area contributed by atoms with Crippen LogP contribution in [-0.4, -0.2) is 17.9 Å². The maximum absolute atomic E-state index is 12.5. The Balaban J connectivity index is 0.00000242. The lowest BCUT2D eigenvalue weighted by atomic mass is 9.94. The van der Waals surface area contributed by atoms with Crippen molar-refractivity contribution in [2.24, 2.45) is 11.7 Å². The van der Waals surface area contributed by atoms with Gasteiger partial charge in [0.1, 0.15) is 0 Å². The number of carbonyl (C=O) groups is 1. The molecule has 0 saturated heterocycles. The van der Waals surface area contributed by atoms with Gasteiger partial charge in [0.15, 0.2) is 0 Å². The fourth-order valence-corrected chi connectivity index (χ4v) is 3.35. The number of halogens is 2. The Morgan fingerprint density at radius 3 is 2.45 bits per heavy atom. The molecule has 0 bridgehead atoms.